The van der Waals surface area contributed by atoms with Crippen LogP contribution in [0.1, 0.15) is 39.0 Å². The van der Waals surface area contributed by atoms with Crippen LogP contribution >= 0.6 is 0 Å². The molecule has 0 aliphatic rings. The molecule has 1 nitrogen and oxygen atoms in total. The standard InChI is InChI=1S/C8H17N/c1-3-4-5-6-7-8-9-2/h2-8H2,1H3. The van der Waals surface area contributed by atoms with Crippen LogP contribution in [0.25, 0.3) is 0 Å². The fourth-order valence-corrected chi connectivity index (χ4v) is 0.827. The minimum atomic E-state index is 0.948. The first-order chi connectivity index (χ1) is 4.41. The summed E-state index contributed by atoms with van der Waals surface area (Å²) >= 11 is 0. The van der Waals surface area contributed by atoms with Gasteiger partial charge in [-0.05, 0) is 13.1 Å². The first-order valence-corrected chi connectivity index (χ1v) is 3.84. The van der Waals surface area contributed by atoms with Gasteiger partial charge in [0.25, 0.3) is 0 Å². The maximum absolute atomic E-state index is 3.78. The fraction of sp³-hybridized carbons (Fsp3) is 0.875. The van der Waals surface area contributed by atoms with Gasteiger partial charge in [-0.2, -0.15) is 0 Å². The molecule has 0 bridgehead atoms. The molecule has 0 aliphatic carbocycles. The van der Waals surface area contributed by atoms with Crippen molar-refractivity contribution < 1.29 is 0 Å². The van der Waals surface area contributed by atoms with Gasteiger partial charge < -0.3 is 4.99 Å². The Balaban J connectivity index is 2.66. The monoisotopic (exact) mass is 127 g/mol. The number of hydrogen-bond acceptors (Lipinski definition) is 1. The quantitative estimate of drug-likeness (QED) is 0.384. The second kappa shape index (κ2) is 7.67. The molecular weight excluding hydrogens is 110 g/mol. The first kappa shape index (κ1) is 8.67. The number of hydrogen-bond donors (Lipinski definition) is 0. The van der Waals surface area contributed by atoms with Crippen LogP contribution in [0.4, 0.5) is 0 Å². The highest BCUT2D eigenvalue weighted by Gasteiger charge is 1.84. The van der Waals surface area contributed by atoms with Gasteiger partial charge in [-0.3, -0.25) is 0 Å². The largest absolute Gasteiger partial charge is 0.301 e. The molecule has 1 heteroatoms. The van der Waals surface area contributed by atoms with Gasteiger partial charge in [-0.25, -0.2) is 0 Å². The van der Waals surface area contributed by atoms with E-state index in [0.29, 0.717) is 0 Å². The second-order valence-electron chi connectivity index (χ2n) is 2.36. The van der Waals surface area contributed by atoms with Gasteiger partial charge in [0, 0.05) is 6.54 Å². The van der Waals surface area contributed by atoms with Gasteiger partial charge in [0.05, 0.1) is 0 Å². The number of aliphatic imine (C=N–C) groups is 1. The third kappa shape index (κ3) is 7.67. The molecule has 0 unspecified atom stereocenters. The lowest BCUT2D eigenvalue weighted by molar-refractivity contribution is 0.639. The van der Waals surface area contributed by atoms with Crippen molar-refractivity contribution >= 4 is 6.72 Å². The minimum absolute atomic E-state index is 0.948. The van der Waals surface area contributed by atoms with Crippen molar-refractivity contribution in [1.82, 2.24) is 0 Å². The predicted molar refractivity (Wildman–Crippen MR) is 43.2 cm³/mol. The van der Waals surface area contributed by atoms with Gasteiger partial charge in [0.1, 0.15) is 0 Å². The molecule has 0 atom stereocenters. The summed E-state index contributed by atoms with van der Waals surface area (Å²) in [6.07, 6.45) is 6.61. The van der Waals surface area contributed by atoms with Crippen LogP contribution in [-0.2, 0) is 0 Å². The molecule has 0 aliphatic heterocycles. The summed E-state index contributed by atoms with van der Waals surface area (Å²) in [5, 5.41) is 0. The van der Waals surface area contributed by atoms with E-state index in [9.17, 15) is 0 Å². The number of nitrogens with zero attached hydrogens (tertiary/aromatic N) is 1. The lowest BCUT2D eigenvalue weighted by atomic mass is 10.2. The molecule has 0 fully saturated rings. The van der Waals surface area contributed by atoms with E-state index in [0.717, 1.165) is 6.54 Å². The first-order valence-electron chi connectivity index (χ1n) is 3.84. The van der Waals surface area contributed by atoms with Crippen LogP contribution in [0, 0.1) is 0 Å². The molecule has 0 saturated heterocycles. The Bertz CT molecular complexity index is 59.6. The molecule has 0 rings (SSSR count). The van der Waals surface area contributed by atoms with E-state index in [2.05, 4.69) is 18.6 Å². The molecule has 0 aromatic rings. The van der Waals surface area contributed by atoms with Crippen LogP contribution in [0.15, 0.2) is 4.99 Å². The molecule has 0 spiro atoms. The average molecular weight is 127 g/mol. The van der Waals surface area contributed by atoms with Gasteiger partial charge in [0.2, 0.25) is 0 Å². The van der Waals surface area contributed by atoms with Gasteiger partial charge in [-0.15, -0.1) is 0 Å². The lowest BCUT2D eigenvalue weighted by Gasteiger charge is -1.94. The summed E-state index contributed by atoms with van der Waals surface area (Å²) in [6, 6.07) is 0. The van der Waals surface area contributed by atoms with E-state index >= 15 is 0 Å². The molecule has 0 aromatic heterocycles. The molecule has 0 amide bonds. The fourth-order valence-electron chi connectivity index (χ4n) is 0.827. The highest BCUT2D eigenvalue weighted by Crippen LogP contribution is 2.01. The van der Waals surface area contributed by atoms with E-state index in [1.54, 1.807) is 0 Å². The lowest BCUT2D eigenvalue weighted by Crippen LogP contribution is -1.80. The van der Waals surface area contributed by atoms with Crippen molar-refractivity contribution in [1.29, 1.82) is 0 Å². The summed E-state index contributed by atoms with van der Waals surface area (Å²) in [4.78, 5) is 3.78. The Labute approximate surface area is 58.2 Å². The summed E-state index contributed by atoms with van der Waals surface area (Å²) in [7, 11) is 0. The predicted octanol–water partition coefficient (Wildman–Crippen LogP) is 2.66. The van der Waals surface area contributed by atoms with Crippen LogP contribution < -0.4 is 0 Å². The Hall–Kier alpha value is -0.330. The van der Waals surface area contributed by atoms with Crippen molar-refractivity contribution in [2.75, 3.05) is 6.54 Å². The van der Waals surface area contributed by atoms with Crippen molar-refractivity contribution in [3.8, 4) is 0 Å². The molecule has 0 aromatic carbocycles. The number of unbranched alkanes of at least 4 members (excludes halogenated alkanes) is 4. The maximum atomic E-state index is 3.78. The Morgan fingerprint density at radius 3 is 2.33 bits per heavy atom. The normalized spacial score (nSPS) is 9.44. The van der Waals surface area contributed by atoms with Crippen LogP contribution in [0.3, 0.4) is 0 Å². The Morgan fingerprint density at radius 2 is 1.78 bits per heavy atom. The van der Waals surface area contributed by atoms with E-state index in [4.69, 9.17) is 0 Å². The van der Waals surface area contributed by atoms with Crippen molar-refractivity contribution in [2.45, 2.75) is 39.0 Å². The molecule has 54 valence electrons. The van der Waals surface area contributed by atoms with Crippen LogP contribution in [0.2, 0.25) is 0 Å². The smallest absolute Gasteiger partial charge is 0.0382 e. The highest BCUT2D eigenvalue weighted by atomic mass is 14.7. The maximum Gasteiger partial charge on any atom is 0.0382 e. The molecule has 0 saturated carbocycles. The molecule has 0 heterocycles. The zero-order valence-electron chi connectivity index (χ0n) is 6.40. The zero-order valence-corrected chi connectivity index (χ0v) is 6.40. The zero-order chi connectivity index (χ0) is 6.95. The topological polar surface area (TPSA) is 12.4 Å². The van der Waals surface area contributed by atoms with E-state index in [1.165, 1.54) is 32.1 Å². The summed E-state index contributed by atoms with van der Waals surface area (Å²) in [5.41, 5.74) is 0. The summed E-state index contributed by atoms with van der Waals surface area (Å²) < 4.78 is 0. The summed E-state index contributed by atoms with van der Waals surface area (Å²) in [5.74, 6) is 0. The van der Waals surface area contributed by atoms with E-state index in [1.807, 2.05) is 0 Å². The van der Waals surface area contributed by atoms with Crippen molar-refractivity contribution in [3.63, 3.8) is 0 Å². The van der Waals surface area contributed by atoms with Gasteiger partial charge in [-0.1, -0.05) is 32.6 Å². The Kier molecular flexibility index (Phi) is 7.39. The molecular formula is C8H17N. The van der Waals surface area contributed by atoms with E-state index in [-0.39, 0.29) is 0 Å². The van der Waals surface area contributed by atoms with Gasteiger partial charge in [0.15, 0.2) is 0 Å². The van der Waals surface area contributed by atoms with Crippen molar-refractivity contribution in [2.24, 2.45) is 4.99 Å². The van der Waals surface area contributed by atoms with E-state index < -0.39 is 0 Å². The highest BCUT2D eigenvalue weighted by molar-refractivity contribution is 5.22. The summed E-state index contributed by atoms with van der Waals surface area (Å²) in [6.45, 7) is 6.60. The third-order valence-corrected chi connectivity index (χ3v) is 1.42. The van der Waals surface area contributed by atoms with Gasteiger partial charge >= 0.3 is 0 Å². The van der Waals surface area contributed by atoms with Crippen LogP contribution in [0.5, 0.6) is 0 Å². The second-order valence-corrected chi connectivity index (χ2v) is 2.36. The average Bonchev–Trinajstić information content (AvgIpc) is 1.89. The van der Waals surface area contributed by atoms with Crippen LogP contribution in [-0.4, -0.2) is 13.3 Å². The minimum Gasteiger partial charge on any atom is -0.301 e. The van der Waals surface area contributed by atoms with Crippen molar-refractivity contribution in [3.05, 3.63) is 0 Å². The third-order valence-electron chi connectivity index (χ3n) is 1.42. The molecule has 9 heavy (non-hydrogen) atoms. The molecule has 0 N–H and O–H groups in total. The Morgan fingerprint density at radius 1 is 1.11 bits per heavy atom. The number of rotatable bonds is 6. The SMILES string of the molecule is C=NCCCCCCC. The molecule has 0 radical (unpaired) electrons.